The van der Waals surface area contributed by atoms with Gasteiger partial charge >= 0.3 is 0 Å². The van der Waals surface area contributed by atoms with Crippen LogP contribution in [0.4, 0.5) is 0 Å². The molecule has 0 saturated heterocycles. The third-order valence-electron chi connectivity index (χ3n) is 2.49. The van der Waals surface area contributed by atoms with Crippen LogP contribution in [0.2, 0.25) is 0 Å². The minimum absolute atomic E-state index is 0.300. The fourth-order valence-electron chi connectivity index (χ4n) is 1.56. The molecule has 0 heterocycles. The summed E-state index contributed by atoms with van der Waals surface area (Å²) < 4.78 is 5.09. The van der Waals surface area contributed by atoms with Crippen LogP contribution in [0.5, 0.6) is 5.75 Å². The van der Waals surface area contributed by atoms with Crippen LogP contribution >= 0.6 is 0 Å². The Balaban J connectivity index is 3.30. The molecular formula is C13H15NO3. The summed E-state index contributed by atoms with van der Waals surface area (Å²) in [5.74, 6) is -1.02. The van der Waals surface area contributed by atoms with E-state index in [4.69, 9.17) is 10.5 Å². The Morgan fingerprint density at radius 3 is 2.47 bits per heavy atom. The quantitative estimate of drug-likeness (QED) is 0.632. The third-order valence-corrected chi connectivity index (χ3v) is 2.49. The maximum atomic E-state index is 11.6. The SMILES string of the molecule is C/C=C(/C(=O)C(N)=O)c1cc(OC)ccc1C. The summed E-state index contributed by atoms with van der Waals surface area (Å²) >= 11 is 0. The summed E-state index contributed by atoms with van der Waals surface area (Å²) in [6.07, 6.45) is 1.58. The molecule has 2 N–H and O–H groups in total. The number of hydrogen-bond acceptors (Lipinski definition) is 3. The maximum absolute atomic E-state index is 11.6. The average Bonchev–Trinajstić information content (AvgIpc) is 2.32. The molecule has 0 fully saturated rings. The molecule has 1 rings (SSSR count). The molecular weight excluding hydrogens is 218 g/mol. The van der Waals surface area contributed by atoms with Crippen molar-refractivity contribution in [2.45, 2.75) is 13.8 Å². The van der Waals surface area contributed by atoms with Crippen LogP contribution in [0.15, 0.2) is 24.3 Å². The van der Waals surface area contributed by atoms with E-state index in [0.29, 0.717) is 16.9 Å². The van der Waals surface area contributed by atoms with E-state index in [0.717, 1.165) is 5.56 Å². The van der Waals surface area contributed by atoms with Crippen molar-refractivity contribution < 1.29 is 14.3 Å². The first-order valence-corrected chi connectivity index (χ1v) is 5.16. The number of Topliss-reactive ketones (excluding diaryl/α,β-unsaturated/α-hetero) is 1. The van der Waals surface area contributed by atoms with Gasteiger partial charge in [0.05, 0.1) is 7.11 Å². The highest BCUT2D eigenvalue weighted by Gasteiger charge is 2.18. The summed E-state index contributed by atoms with van der Waals surface area (Å²) in [6, 6.07) is 5.33. The number of benzene rings is 1. The molecule has 0 aliphatic carbocycles. The molecule has 0 radical (unpaired) electrons. The highest BCUT2D eigenvalue weighted by atomic mass is 16.5. The van der Waals surface area contributed by atoms with Crippen molar-refractivity contribution >= 4 is 17.3 Å². The van der Waals surface area contributed by atoms with Crippen LogP contribution in [0.1, 0.15) is 18.1 Å². The number of carbonyl (C=O) groups excluding carboxylic acids is 2. The van der Waals surface area contributed by atoms with E-state index in [1.54, 1.807) is 32.2 Å². The number of ether oxygens (including phenoxy) is 1. The fraction of sp³-hybridized carbons (Fsp3) is 0.231. The van der Waals surface area contributed by atoms with Gasteiger partial charge in [-0.25, -0.2) is 0 Å². The Morgan fingerprint density at radius 2 is 2.00 bits per heavy atom. The van der Waals surface area contributed by atoms with E-state index in [9.17, 15) is 9.59 Å². The average molecular weight is 233 g/mol. The lowest BCUT2D eigenvalue weighted by molar-refractivity contribution is -0.132. The van der Waals surface area contributed by atoms with Gasteiger partial charge in [-0.2, -0.15) is 0 Å². The highest BCUT2D eigenvalue weighted by Crippen LogP contribution is 2.24. The van der Waals surface area contributed by atoms with Crippen molar-refractivity contribution in [1.29, 1.82) is 0 Å². The smallest absolute Gasteiger partial charge is 0.289 e. The fourth-order valence-corrected chi connectivity index (χ4v) is 1.56. The van der Waals surface area contributed by atoms with Crippen molar-refractivity contribution in [1.82, 2.24) is 0 Å². The Hall–Kier alpha value is -2.10. The zero-order chi connectivity index (χ0) is 13.0. The first-order chi connectivity index (χ1) is 8.01. The van der Waals surface area contributed by atoms with Gasteiger partial charge < -0.3 is 10.5 Å². The van der Waals surface area contributed by atoms with Gasteiger partial charge in [0.15, 0.2) is 0 Å². The van der Waals surface area contributed by atoms with Crippen LogP contribution in [-0.4, -0.2) is 18.8 Å². The second-order valence-electron chi connectivity index (χ2n) is 3.58. The van der Waals surface area contributed by atoms with E-state index >= 15 is 0 Å². The summed E-state index contributed by atoms with van der Waals surface area (Å²) in [4.78, 5) is 22.6. The molecule has 0 unspecified atom stereocenters. The number of aryl methyl sites for hydroxylation is 1. The molecule has 90 valence electrons. The van der Waals surface area contributed by atoms with E-state index in [2.05, 4.69) is 0 Å². The number of nitrogens with two attached hydrogens (primary N) is 1. The summed E-state index contributed by atoms with van der Waals surface area (Å²) in [5, 5.41) is 0. The number of amides is 1. The molecule has 4 nitrogen and oxygen atoms in total. The first kappa shape index (κ1) is 13.0. The van der Waals surface area contributed by atoms with Gasteiger partial charge in [-0.1, -0.05) is 12.1 Å². The molecule has 4 heteroatoms. The number of hydrogen-bond donors (Lipinski definition) is 1. The molecule has 17 heavy (non-hydrogen) atoms. The Labute approximate surface area is 100 Å². The lowest BCUT2D eigenvalue weighted by atomic mass is 9.96. The lowest BCUT2D eigenvalue weighted by Gasteiger charge is -2.10. The summed E-state index contributed by atoms with van der Waals surface area (Å²) in [6.45, 7) is 3.54. The normalized spacial score (nSPS) is 11.1. The van der Waals surface area contributed by atoms with E-state index in [-0.39, 0.29) is 0 Å². The molecule has 0 aliphatic rings. The molecule has 0 aliphatic heterocycles. The van der Waals surface area contributed by atoms with Gasteiger partial charge in [0.1, 0.15) is 5.75 Å². The minimum atomic E-state index is -0.958. The molecule has 0 aromatic heterocycles. The van der Waals surface area contributed by atoms with Gasteiger partial charge in [0.25, 0.3) is 5.91 Å². The van der Waals surface area contributed by atoms with Crippen LogP contribution in [0.3, 0.4) is 0 Å². The van der Waals surface area contributed by atoms with Gasteiger partial charge in [0, 0.05) is 5.57 Å². The van der Waals surface area contributed by atoms with Crippen molar-refractivity contribution in [3.63, 3.8) is 0 Å². The molecule has 1 aromatic rings. The van der Waals surface area contributed by atoms with Crippen molar-refractivity contribution in [2.24, 2.45) is 5.73 Å². The lowest BCUT2D eigenvalue weighted by Crippen LogP contribution is -2.24. The second kappa shape index (κ2) is 5.30. The molecule has 1 amide bonds. The Morgan fingerprint density at radius 1 is 1.35 bits per heavy atom. The predicted octanol–water partition coefficient (Wildman–Crippen LogP) is 1.46. The maximum Gasteiger partial charge on any atom is 0.289 e. The first-order valence-electron chi connectivity index (χ1n) is 5.16. The standard InChI is InChI=1S/C13H15NO3/c1-4-10(12(15)13(14)16)11-7-9(17-3)6-5-8(11)2/h4-7H,1-3H3,(H2,14,16)/b10-4+. The number of carbonyl (C=O) groups is 2. The summed E-state index contributed by atoms with van der Waals surface area (Å²) in [5.41, 5.74) is 6.86. The number of allylic oxidation sites excluding steroid dienone is 1. The van der Waals surface area contributed by atoms with Crippen LogP contribution in [0.25, 0.3) is 5.57 Å². The molecule has 0 bridgehead atoms. The monoisotopic (exact) mass is 233 g/mol. The van der Waals surface area contributed by atoms with Crippen LogP contribution in [0, 0.1) is 6.92 Å². The van der Waals surface area contributed by atoms with Crippen LogP contribution < -0.4 is 10.5 Å². The number of methoxy groups -OCH3 is 1. The van der Waals surface area contributed by atoms with Crippen molar-refractivity contribution in [2.75, 3.05) is 7.11 Å². The van der Waals surface area contributed by atoms with Gasteiger partial charge in [-0.05, 0) is 37.1 Å². The van der Waals surface area contributed by atoms with E-state index in [1.807, 2.05) is 13.0 Å². The largest absolute Gasteiger partial charge is 0.497 e. The molecule has 0 atom stereocenters. The topological polar surface area (TPSA) is 69.4 Å². The molecule has 1 aromatic carbocycles. The number of ketones is 1. The number of rotatable bonds is 4. The highest BCUT2D eigenvalue weighted by molar-refractivity contribution is 6.53. The zero-order valence-electron chi connectivity index (χ0n) is 10.1. The minimum Gasteiger partial charge on any atom is -0.497 e. The second-order valence-corrected chi connectivity index (χ2v) is 3.58. The molecule has 0 spiro atoms. The van der Waals surface area contributed by atoms with Crippen molar-refractivity contribution in [3.8, 4) is 5.75 Å². The van der Waals surface area contributed by atoms with E-state index in [1.165, 1.54) is 0 Å². The Bertz CT molecular complexity index is 489. The van der Waals surface area contributed by atoms with Gasteiger partial charge in [0.2, 0.25) is 5.78 Å². The van der Waals surface area contributed by atoms with Crippen molar-refractivity contribution in [3.05, 3.63) is 35.4 Å². The Kier molecular flexibility index (Phi) is 4.04. The summed E-state index contributed by atoms with van der Waals surface area (Å²) in [7, 11) is 1.54. The van der Waals surface area contributed by atoms with Gasteiger partial charge in [-0.3, -0.25) is 9.59 Å². The van der Waals surface area contributed by atoms with Crippen LogP contribution in [-0.2, 0) is 9.59 Å². The predicted molar refractivity (Wildman–Crippen MR) is 65.6 cm³/mol. The third kappa shape index (κ3) is 2.72. The van der Waals surface area contributed by atoms with E-state index < -0.39 is 11.7 Å². The molecule has 0 saturated carbocycles. The zero-order valence-corrected chi connectivity index (χ0v) is 10.1. The van der Waals surface area contributed by atoms with Gasteiger partial charge in [-0.15, -0.1) is 0 Å². The number of primary amides is 1.